The summed E-state index contributed by atoms with van der Waals surface area (Å²) >= 11 is 7.01. The number of rotatable bonds is 5. The van der Waals surface area contributed by atoms with E-state index < -0.39 is 4.83 Å². The Kier molecular flexibility index (Phi) is 5.82. The lowest BCUT2D eigenvalue weighted by molar-refractivity contribution is -0.115. The van der Waals surface area contributed by atoms with E-state index in [9.17, 15) is 4.79 Å². The van der Waals surface area contributed by atoms with Crippen molar-refractivity contribution in [2.75, 3.05) is 12.4 Å². The van der Waals surface area contributed by atoms with Crippen LogP contribution in [0.1, 0.15) is 10.4 Å². The van der Waals surface area contributed by atoms with Crippen molar-refractivity contribution in [3.05, 3.63) is 60.2 Å². The van der Waals surface area contributed by atoms with E-state index in [1.165, 1.54) is 0 Å². The van der Waals surface area contributed by atoms with E-state index in [2.05, 4.69) is 37.2 Å². The molecule has 0 unspecified atom stereocenters. The zero-order valence-corrected chi connectivity index (χ0v) is 14.6. The molecule has 0 aliphatic rings. The number of benzene rings is 2. The number of carbonyl (C=O) groups is 1. The van der Waals surface area contributed by atoms with Crippen LogP contribution >= 0.6 is 31.9 Å². The van der Waals surface area contributed by atoms with Gasteiger partial charge in [-0.15, -0.1) is 0 Å². The van der Waals surface area contributed by atoms with E-state index in [0.29, 0.717) is 11.4 Å². The quantitative estimate of drug-likeness (QED) is 0.732. The van der Waals surface area contributed by atoms with Crippen LogP contribution in [0.2, 0.25) is 0 Å². The van der Waals surface area contributed by atoms with Gasteiger partial charge in [-0.25, -0.2) is 0 Å². The highest BCUT2D eigenvalue weighted by Crippen LogP contribution is 2.32. The summed E-state index contributed by atoms with van der Waals surface area (Å²) in [4.78, 5) is 11.8. The molecule has 2 aromatic carbocycles. The first kappa shape index (κ1) is 16.0. The lowest BCUT2D eigenvalue weighted by atomic mass is 10.1. The summed E-state index contributed by atoms with van der Waals surface area (Å²) in [7, 11) is 1.58. The molecule has 0 saturated carbocycles. The number of hydrogen-bond acceptors (Lipinski definition) is 2. The van der Waals surface area contributed by atoms with Crippen LogP contribution in [-0.2, 0) is 4.79 Å². The van der Waals surface area contributed by atoms with Crippen molar-refractivity contribution in [2.45, 2.75) is 9.65 Å². The maximum Gasteiger partial charge on any atom is 0.239 e. The number of nitrogens with one attached hydrogen (secondary N) is 1. The third-order valence-corrected chi connectivity index (χ3v) is 5.70. The van der Waals surface area contributed by atoms with Crippen LogP contribution < -0.4 is 10.1 Å². The van der Waals surface area contributed by atoms with Crippen molar-refractivity contribution in [2.24, 2.45) is 0 Å². The van der Waals surface area contributed by atoms with Crippen LogP contribution in [0, 0.1) is 0 Å². The van der Waals surface area contributed by atoms with Crippen LogP contribution in [0.3, 0.4) is 0 Å². The monoisotopic (exact) mass is 411 g/mol. The van der Waals surface area contributed by atoms with Gasteiger partial charge in [-0.2, -0.15) is 0 Å². The standard InChI is InChI=1S/C16H15Br2NO2/c1-21-13-10-6-5-9-12(13)19-16(20)15(18)14(17)11-7-3-2-4-8-11/h2-10,14-15H,1H3,(H,19,20)/t14-,15-/m0/s1. The fourth-order valence-corrected chi connectivity index (χ4v) is 2.85. The summed E-state index contributed by atoms with van der Waals surface area (Å²) in [6.45, 7) is 0. The normalized spacial score (nSPS) is 13.3. The van der Waals surface area contributed by atoms with E-state index in [1.54, 1.807) is 7.11 Å². The second kappa shape index (κ2) is 7.61. The van der Waals surface area contributed by atoms with Gasteiger partial charge in [-0.3, -0.25) is 4.79 Å². The average molecular weight is 413 g/mol. The fourth-order valence-electron chi connectivity index (χ4n) is 1.89. The minimum atomic E-state index is -0.398. The Hall–Kier alpha value is -1.33. The lowest BCUT2D eigenvalue weighted by Crippen LogP contribution is -2.26. The Morgan fingerprint density at radius 1 is 1.05 bits per heavy atom. The third kappa shape index (κ3) is 4.08. The van der Waals surface area contributed by atoms with Crippen molar-refractivity contribution in [1.29, 1.82) is 0 Å². The molecule has 2 rings (SSSR count). The van der Waals surface area contributed by atoms with Crippen molar-refractivity contribution in [3.8, 4) is 5.75 Å². The Bertz CT molecular complexity index is 604. The fraction of sp³-hybridized carbons (Fsp3) is 0.188. The summed E-state index contributed by atoms with van der Waals surface area (Å²) in [6, 6.07) is 17.1. The molecule has 5 heteroatoms. The zero-order valence-electron chi connectivity index (χ0n) is 11.4. The van der Waals surface area contributed by atoms with Gasteiger partial charge in [0.15, 0.2) is 0 Å². The molecular weight excluding hydrogens is 398 g/mol. The summed E-state index contributed by atoms with van der Waals surface area (Å²) in [5.41, 5.74) is 1.69. The van der Waals surface area contributed by atoms with E-state index in [1.807, 2.05) is 54.6 Å². The number of alkyl halides is 2. The molecule has 2 atom stereocenters. The van der Waals surface area contributed by atoms with Gasteiger partial charge < -0.3 is 10.1 Å². The highest BCUT2D eigenvalue weighted by atomic mass is 79.9. The highest BCUT2D eigenvalue weighted by Gasteiger charge is 2.25. The Balaban J connectivity index is 2.09. The van der Waals surface area contributed by atoms with Crippen molar-refractivity contribution >= 4 is 43.5 Å². The topological polar surface area (TPSA) is 38.3 Å². The Labute approximate surface area is 141 Å². The summed E-state index contributed by atoms with van der Waals surface area (Å²) < 4.78 is 5.23. The number of carbonyl (C=O) groups excluding carboxylic acids is 1. The van der Waals surface area contributed by atoms with E-state index in [-0.39, 0.29) is 10.7 Å². The van der Waals surface area contributed by atoms with Gasteiger partial charge in [-0.1, -0.05) is 74.3 Å². The van der Waals surface area contributed by atoms with Gasteiger partial charge in [0.2, 0.25) is 5.91 Å². The van der Waals surface area contributed by atoms with Crippen LogP contribution in [0.15, 0.2) is 54.6 Å². The third-order valence-electron chi connectivity index (χ3n) is 2.99. The second-order valence-electron chi connectivity index (χ2n) is 4.40. The molecule has 0 aliphatic heterocycles. The van der Waals surface area contributed by atoms with E-state index >= 15 is 0 Å². The molecule has 21 heavy (non-hydrogen) atoms. The van der Waals surface area contributed by atoms with Crippen LogP contribution in [-0.4, -0.2) is 17.8 Å². The number of hydrogen-bond donors (Lipinski definition) is 1. The molecule has 0 fully saturated rings. The Morgan fingerprint density at radius 2 is 1.67 bits per heavy atom. The van der Waals surface area contributed by atoms with Crippen LogP contribution in [0.4, 0.5) is 5.69 Å². The molecule has 0 radical (unpaired) electrons. The number of methoxy groups -OCH3 is 1. The predicted molar refractivity (Wildman–Crippen MR) is 92.4 cm³/mol. The van der Waals surface area contributed by atoms with Crippen molar-refractivity contribution < 1.29 is 9.53 Å². The minimum Gasteiger partial charge on any atom is -0.495 e. The number of ether oxygens (including phenoxy) is 1. The number of anilines is 1. The van der Waals surface area contributed by atoms with Gasteiger partial charge in [0, 0.05) is 0 Å². The number of halogens is 2. The maximum atomic E-state index is 12.4. The first-order valence-electron chi connectivity index (χ1n) is 6.40. The van der Waals surface area contributed by atoms with Crippen molar-refractivity contribution in [3.63, 3.8) is 0 Å². The van der Waals surface area contributed by atoms with Crippen LogP contribution in [0.25, 0.3) is 0 Å². The zero-order chi connectivity index (χ0) is 15.2. The van der Waals surface area contributed by atoms with Gasteiger partial charge in [-0.05, 0) is 17.7 Å². The van der Waals surface area contributed by atoms with Gasteiger partial charge >= 0.3 is 0 Å². The molecule has 0 bridgehead atoms. The molecule has 2 aromatic rings. The molecule has 0 aliphatic carbocycles. The first-order chi connectivity index (χ1) is 10.1. The summed E-state index contributed by atoms with van der Waals surface area (Å²) in [5, 5.41) is 2.87. The predicted octanol–water partition coefficient (Wildman–Crippen LogP) is 4.53. The van der Waals surface area contributed by atoms with Crippen molar-refractivity contribution in [1.82, 2.24) is 0 Å². The molecule has 0 spiro atoms. The minimum absolute atomic E-state index is 0.117. The molecule has 0 aromatic heterocycles. The molecule has 1 amide bonds. The van der Waals surface area contributed by atoms with Gasteiger partial charge in [0.1, 0.15) is 10.6 Å². The van der Waals surface area contributed by atoms with E-state index in [0.717, 1.165) is 5.56 Å². The molecular formula is C16H15Br2NO2. The molecule has 3 nitrogen and oxygen atoms in total. The Morgan fingerprint density at radius 3 is 2.33 bits per heavy atom. The number of para-hydroxylation sites is 2. The molecule has 0 saturated heterocycles. The largest absolute Gasteiger partial charge is 0.495 e. The lowest BCUT2D eigenvalue weighted by Gasteiger charge is -2.18. The average Bonchev–Trinajstić information content (AvgIpc) is 2.54. The van der Waals surface area contributed by atoms with E-state index in [4.69, 9.17) is 4.74 Å². The van der Waals surface area contributed by atoms with Gasteiger partial charge in [0.25, 0.3) is 0 Å². The summed E-state index contributed by atoms with van der Waals surface area (Å²) in [6.07, 6.45) is 0. The smallest absolute Gasteiger partial charge is 0.239 e. The molecule has 1 N–H and O–H groups in total. The molecule has 110 valence electrons. The van der Waals surface area contributed by atoms with Crippen LogP contribution in [0.5, 0.6) is 5.75 Å². The SMILES string of the molecule is COc1ccccc1NC(=O)[C@@H](Br)[C@@H](Br)c1ccccc1. The second-order valence-corrected chi connectivity index (χ2v) is 6.38. The van der Waals surface area contributed by atoms with Gasteiger partial charge in [0.05, 0.1) is 17.6 Å². The number of amides is 1. The summed E-state index contributed by atoms with van der Waals surface area (Å²) in [5.74, 6) is 0.501. The first-order valence-corrected chi connectivity index (χ1v) is 8.23. The highest BCUT2D eigenvalue weighted by molar-refractivity contribution is 9.12. The maximum absolute atomic E-state index is 12.4. The molecule has 0 heterocycles.